The number of furan rings is 1. The molecule has 2 amide bonds. The van der Waals surface area contributed by atoms with Crippen LogP contribution in [0.3, 0.4) is 0 Å². The van der Waals surface area contributed by atoms with E-state index in [2.05, 4.69) is 27.7 Å². The van der Waals surface area contributed by atoms with E-state index in [1.165, 1.54) is 6.26 Å². The third-order valence-electron chi connectivity index (χ3n) is 5.40. The maximum absolute atomic E-state index is 12.7. The molecule has 1 aliphatic heterocycles. The Morgan fingerprint density at radius 1 is 1.00 bits per heavy atom. The second-order valence-corrected chi connectivity index (χ2v) is 7.45. The highest BCUT2D eigenvalue weighted by atomic mass is 16.5. The Bertz CT molecular complexity index is 1020. The van der Waals surface area contributed by atoms with Crippen molar-refractivity contribution in [2.45, 2.75) is 18.9 Å². The van der Waals surface area contributed by atoms with E-state index in [4.69, 9.17) is 9.15 Å². The molecule has 160 valence electrons. The Morgan fingerprint density at radius 3 is 2.45 bits per heavy atom. The van der Waals surface area contributed by atoms with E-state index in [-0.39, 0.29) is 23.6 Å². The van der Waals surface area contributed by atoms with E-state index in [1.54, 1.807) is 43.5 Å². The second kappa shape index (κ2) is 9.38. The van der Waals surface area contributed by atoms with Crippen molar-refractivity contribution in [2.24, 2.45) is 0 Å². The van der Waals surface area contributed by atoms with Crippen molar-refractivity contribution in [2.75, 3.05) is 30.4 Å². The Balaban J connectivity index is 1.31. The first-order chi connectivity index (χ1) is 15.1. The number of benzene rings is 2. The average molecular weight is 419 g/mol. The predicted octanol–water partition coefficient (Wildman–Crippen LogP) is 3.94. The van der Waals surface area contributed by atoms with Crippen LogP contribution in [-0.4, -0.2) is 38.1 Å². The minimum absolute atomic E-state index is 0.114. The van der Waals surface area contributed by atoms with E-state index in [0.29, 0.717) is 11.3 Å². The van der Waals surface area contributed by atoms with Crippen LogP contribution < -0.4 is 20.3 Å². The molecule has 0 spiro atoms. The number of methoxy groups -OCH3 is 1. The molecule has 0 bridgehead atoms. The van der Waals surface area contributed by atoms with Crippen LogP contribution in [0.2, 0.25) is 0 Å². The molecule has 7 heteroatoms. The van der Waals surface area contributed by atoms with Gasteiger partial charge in [0.25, 0.3) is 11.8 Å². The topological polar surface area (TPSA) is 83.8 Å². The van der Waals surface area contributed by atoms with Gasteiger partial charge < -0.3 is 24.7 Å². The number of amides is 2. The monoisotopic (exact) mass is 419 g/mol. The van der Waals surface area contributed by atoms with Crippen molar-refractivity contribution >= 4 is 23.2 Å². The van der Waals surface area contributed by atoms with Crippen LogP contribution in [0.4, 0.5) is 11.4 Å². The molecule has 2 aromatic carbocycles. The maximum atomic E-state index is 12.7. The molecular weight excluding hydrogens is 394 g/mol. The van der Waals surface area contributed by atoms with Gasteiger partial charge >= 0.3 is 0 Å². The SMILES string of the molecule is COc1ccc(N2CCC(NC(=O)c3cccc(NC(=O)c4ccco4)c3)CC2)cc1. The maximum Gasteiger partial charge on any atom is 0.291 e. The quantitative estimate of drug-likeness (QED) is 0.632. The molecule has 1 aliphatic rings. The second-order valence-electron chi connectivity index (χ2n) is 7.45. The highest BCUT2D eigenvalue weighted by Gasteiger charge is 2.21. The normalized spacial score (nSPS) is 14.2. The molecular formula is C24H25N3O4. The summed E-state index contributed by atoms with van der Waals surface area (Å²) in [5.41, 5.74) is 2.21. The van der Waals surface area contributed by atoms with Crippen LogP contribution in [0, 0.1) is 0 Å². The summed E-state index contributed by atoms with van der Waals surface area (Å²) in [6, 6.07) is 18.3. The number of hydrogen-bond donors (Lipinski definition) is 2. The van der Waals surface area contributed by atoms with E-state index in [1.807, 2.05) is 12.1 Å². The summed E-state index contributed by atoms with van der Waals surface area (Å²) in [5.74, 6) is 0.567. The molecule has 4 rings (SSSR count). The fraction of sp³-hybridized carbons (Fsp3) is 0.250. The van der Waals surface area contributed by atoms with Gasteiger partial charge in [-0.05, 0) is 67.4 Å². The minimum atomic E-state index is -0.353. The molecule has 0 radical (unpaired) electrons. The van der Waals surface area contributed by atoms with Crippen LogP contribution in [0.15, 0.2) is 71.3 Å². The third-order valence-corrected chi connectivity index (χ3v) is 5.40. The van der Waals surface area contributed by atoms with Crippen molar-refractivity contribution in [3.8, 4) is 5.75 Å². The fourth-order valence-corrected chi connectivity index (χ4v) is 3.68. The van der Waals surface area contributed by atoms with Crippen LogP contribution in [-0.2, 0) is 0 Å². The van der Waals surface area contributed by atoms with Crippen LogP contribution in [0.1, 0.15) is 33.8 Å². The molecule has 1 saturated heterocycles. The molecule has 1 aromatic heterocycles. The van der Waals surface area contributed by atoms with Gasteiger partial charge in [-0.3, -0.25) is 9.59 Å². The summed E-state index contributed by atoms with van der Waals surface area (Å²) in [7, 11) is 1.66. The molecule has 0 unspecified atom stereocenters. The van der Waals surface area contributed by atoms with Crippen LogP contribution in [0.5, 0.6) is 5.75 Å². The van der Waals surface area contributed by atoms with E-state index in [9.17, 15) is 9.59 Å². The van der Waals surface area contributed by atoms with Gasteiger partial charge in [0.05, 0.1) is 13.4 Å². The predicted molar refractivity (Wildman–Crippen MR) is 119 cm³/mol. The summed E-state index contributed by atoms with van der Waals surface area (Å²) in [6.07, 6.45) is 3.18. The van der Waals surface area contributed by atoms with Crippen LogP contribution in [0.25, 0.3) is 0 Å². The molecule has 7 nitrogen and oxygen atoms in total. The molecule has 2 heterocycles. The highest BCUT2D eigenvalue weighted by Crippen LogP contribution is 2.23. The smallest absolute Gasteiger partial charge is 0.291 e. The Hall–Kier alpha value is -3.74. The number of anilines is 2. The van der Waals surface area contributed by atoms with Gasteiger partial charge in [-0.1, -0.05) is 6.07 Å². The van der Waals surface area contributed by atoms with Crippen LogP contribution >= 0.6 is 0 Å². The van der Waals surface area contributed by atoms with Gasteiger partial charge in [-0.2, -0.15) is 0 Å². The standard InChI is InChI=1S/C24H25N3O4/c1-30-21-9-7-20(8-10-21)27-13-11-18(12-14-27)25-23(28)17-4-2-5-19(16-17)26-24(29)22-6-3-15-31-22/h2-10,15-16,18H,11-14H2,1H3,(H,25,28)(H,26,29). The lowest BCUT2D eigenvalue weighted by Crippen LogP contribution is -2.44. The van der Waals surface area contributed by atoms with Crippen molar-refractivity contribution < 1.29 is 18.7 Å². The molecule has 0 saturated carbocycles. The Kier molecular flexibility index (Phi) is 6.21. The zero-order chi connectivity index (χ0) is 21.6. The zero-order valence-electron chi connectivity index (χ0n) is 17.3. The molecule has 0 aliphatic carbocycles. The van der Waals surface area contributed by atoms with Gasteiger partial charge in [-0.15, -0.1) is 0 Å². The van der Waals surface area contributed by atoms with Gasteiger partial charge in [0.2, 0.25) is 0 Å². The first-order valence-electron chi connectivity index (χ1n) is 10.3. The average Bonchev–Trinajstić information content (AvgIpc) is 3.35. The largest absolute Gasteiger partial charge is 0.497 e. The van der Waals surface area contributed by atoms with Gasteiger partial charge in [0.15, 0.2) is 5.76 Å². The lowest BCUT2D eigenvalue weighted by molar-refractivity contribution is 0.0929. The Morgan fingerprint density at radius 2 is 1.77 bits per heavy atom. The number of nitrogens with zero attached hydrogens (tertiary/aromatic N) is 1. The molecule has 1 fully saturated rings. The first kappa shape index (κ1) is 20.5. The van der Waals surface area contributed by atoms with Crippen molar-refractivity contribution in [3.63, 3.8) is 0 Å². The molecule has 31 heavy (non-hydrogen) atoms. The summed E-state index contributed by atoms with van der Waals surface area (Å²) < 4.78 is 10.3. The fourth-order valence-electron chi connectivity index (χ4n) is 3.68. The number of carbonyl (C=O) groups excluding carboxylic acids is 2. The summed E-state index contributed by atoms with van der Waals surface area (Å²) >= 11 is 0. The number of nitrogens with one attached hydrogen (secondary N) is 2. The molecule has 0 atom stereocenters. The third kappa shape index (κ3) is 5.06. The number of rotatable bonds is 6. The Labute approximate surface area is 181 Å². The summed E-state index contributed by atoms with van der Waals surface area (Å²) in [6.45, 7) is 1.74. The summed E-state index contributed by atoms with van der Waals surface area (Å²) in [5, 5.41) is 5.86. The van der Waals surface area contributed by atoms with Gasteiger partial charge in [-0.25, -0.2) is 0 Å². The van der Waals surface area contributed by atoms with E-state index in [0.717, 1.165) is 37.4 Å². The number of piperidine rings is 1. The highest BCUT2D eigenvalue weighted by molar-refractivity contribution is 6.03. The first-order valence-corrected chi connectivity index (χ1v) is 10.3. The van der Waals surface area contributed by atoms with E-state index < -0.39 is 0 Å². The lowest BCUT2D eigenvalue weighted by atomic mass is 10.0. The number of carbonyl (C=O) groups is 2. The molecule has 2 N–H and O–H groups in total. The number of ether oxygens (including phenoxy) is 1. The molecule has 3 aromatic rings. The van der Waals surface area contributed by atoms with Crippen molar-refractivity contribution in [1.29, 1.82) is 0 Å². The number of hydrogen-bond acceptors (Lipinski definition) is 5. The van der Waals surface area contributed by atoms with Gasteiger partial charge in [0.1, 0.15) is 5.75 Å². The zero-order valence-corrected chi connectivity index (χ0v) is 17.3. The van der Waals surface area contributed by atoms with E-state index >= 15 is 0 Å². The minimum Gasteiger partial charge on any atom is -0.497 e. The lowest BCUT2D eigenvalue weighted by Gasteiger charge is -2.34. The van der Waals surface area contributed by atoms with Crippen molar-refractivity contribution in [3.05, 3.63) is 78.3 Å². The summed E-state index contributed by atoms with van der Waals surface area (Å²) in [4.78, 5) is 27.2. The van der Waals surface area contributed by atoms with Gasteiger partial charge in [0, 0.05) is 36.1 Å². The van der Waals surface area contributed by atoms with Crippen molar-refractivity contribution in [1.82, 2.24) is 5.32 Å².